The van der Waals surface area contributed by atoms with Crippen LogP contribution in [0.1, 0.15) is 6.42 Å². The van der Waals surface area contributed by atoms with Crippen LogP contribution in [0.3, 0.4) is 0 Å². The van der Waals surface area contributed by atoms with Gasteiger partial charge in [-0.15, -0.1) is 0 Å². The molecule has 1 saturated heterocycles. The van der Waals surface area contributed by atoms with Gasteiger partial charge in [0, 0.05) is 13.1 Å². The molecule has 1 fully saturated rings. The normalized spacial score (nSPS) is 20.5. The average molecular weight is 207 g/mol. The van der Waals surface area contributed by atoms with E-state index in [0.717, 1.165) is 13.0 Å². The molecule has 15 heavy (non-hydrogen) atoms. The minimum atomic E-state index is -0.259. The first-order chi connectivity index (χ1) is 7.18. The Labute approximate surface area is 87.3 Å². The molecule has 1 atom stereocenters. The summed E-state index contributed by atoms with van der Waals surface area (Å²) in [4.78, 5) is 20.9. The highest BCUT2D eigenvalue weighted by molar-refractivity contribution is 5.78. The molecule has 1 aromatic rings. The van der Waals surface area contributed by atoms with E-state index in [2.05, 4.69) is 9.97 Å². The molecular weight excluding hydrogens is 194 g/mol. The zero-order chi connectivity index (χ0) is 10.8. The highest BCUT2D eigenvalue weighted by Gasteiger charge is 2.28. The van der Waals surface area contributed by atoms with Crippen LogP contribution in [0.5, 0.6) is 0 Å². The van der Waals surface area contributed by atoms with Crippen molar-refractivity contribution in [2.24, 2.45) is 11.7 Å². The van der Waals surface area contributed by atoms with Crippen LogP contribution in [0.15, 0.2) is 12.5 Å². The van der Waals surface area contributed by atoms with E-state index in [-0.39, 0.29) is 11.8 Å². The van der Waals surface area contributed by atoms with Crippen molar-refractivity contribution in [1.29, 1.82) is 0 Å². The van der Waals surface area contributed by atoms with Crippen molar-refractivity contribution in [3.8, 4) is 0 Å². The van der Waals surface area contributed by atoms with Crippen LogP contribution in [0.25, 0.3) is 0 Å². The fourth-order valence-electron chi connectivity index (χ4n) is 1.78. The van der Waals surface area contributed by atoms with Gasteiger partial charge in [0.25, 0.3) is 0 Å². The summed E-state index contributed by atoms with van der Waals surface area (Å²) in [5.74, 6) is 0.332. The summed E-state index contributed by atoms with van der Waals surface area (Å²) >= 11 is 0. The van der Waals surface area contributed by atoms with E-state index in [1.165, 1.54) is 6.33 Å². The fourth-order valence-corrected chi connectivity index (χ4v) is 1.78. The van der Waals surface area contributed by atoms with Crippen LogP contribution < -0.4 is 16.4 Å². The van der Waals surface area contributed by atoms with Gasteiger partial charge in [-0.05, 0) is 6.42 Å². The summed E-state index contributed by atoms with van der Waals surface area (Å²) < 4.78 is 0. The first-order valence-corrected chi connectivity index (χ1v) is 4.78. The Morgan fingerprint density at radius 2 is 2.40 bits per heavy atom. The molecule has 80 valence electrons. The molecule has 0 saturated carbocycles. The van der Waals surface area contributed by atoms with Crippen molar-refractivity contribution in [2.45, 2.75) is 6.42 Å². The maximum Gasteiger partial charge on any atom is 0.222 e. The topological polar surface area (TPSA) is 98.1 Å². The van der Waals surface area contributed by atoms with Crippen molar-refractivity contribution in [3.63, 3.8) is 0 Å². The highest BCUT2D eigenvalue weighted by atomic mass is 16.1. The molecular formula is C9H13N5O. The molecule has 6 heteroatoms. The second kappa shape index (κ2) is 3.72. The molecule has 1 amide bonds. The van der Waals surface area contributed by atoms with E-state index in [4.69, 9.17) is 11.5 Å². The molecule has 2 heterocycles. The number of hydrogen-bond donors (Lipinski definition) is 2. The van der Waals surface area contributed by atoms with Gasteiger partial charge in [-0.25, -0.2) is 9.97 Å². The fraction of sp³-hybridized carbons (Fsp3) is 0.444. The van der Waals surface area contributed by atoms with Crippen LogP contribution in [0, 0.1) is 5.92 Å². The maximum absolute atomic E-state index is 11.0. The Hall–Kier alpha value is -1.85. The van der Waals surface area contributed by atoms with Crippen LogP contribution >= 0.6 is 0 Å². The third-order valence-electron chi connectivity index (χ3n) is 2.61. The number of nitrogens with zero attached hydrogens (tertiary/aromatic N) is 3. The van der Waals surface area contributed by atoms with E-state index in [1.807, 2.05) is 4.90 Å². The molecule has 0 radical (unpaired) electrons. The smallest absolute Gasteiger partial charge is 0.222 e. The third kappa shape index (κ3) is 1.83. The number of nitrogen functional groups attached to an aromatic ring is 1. The quantitative estimate of drug-likeness (QED) is 0.672. The zero-order valence-corrected chi connectivity index (χ0v) is 8.26. The lowest BCUT2D eigenvalue weighted by atomic mass is 10.1. The molecule has 1 aromatic heterocycles. The van der Waals surface area contributed by atoms with Crippen molar-refractivity contribution < 1.29 is 4.79 Å². The Bertz CT molecular complexity index is 381. The van der Waals surface area contributed by atoms with Crippen LogP contribution in [-0.2, 0) is 4.79 Å². The number of carbonyl (C=O) groups excluding carboxylic acids is 1. The third-order valence-corrected chi connectivity index (χ3v) is 2.61. The molecule has 1 aliphatic heterocycles. The molecule has 1 unspecified atom stereocenters. The minimum Gasteiger partial charge on any atom is -0.394 e. The van der Waals surface area contributed by atoms with E-state index < -0.39 is 0 Å². The number of anilines is 2. The van der Waals surface area contributed by atoms with Gasteiger partial charge in [0.1, 0.15) is 6.33 Å². The summed E-state index contributed by atoms with van der Waals surface area (Å²) in [5, 5.41) is 0. The van der Waals surface area contributed by atoms with Gasteiger partial charge in [-0.3, -0.25) is 4.79 Å². The summed E-state index contributed by atoms with van der Waals surface area (Å²) in [6.45, 7) is 1.35. The summed E-state index contributed by atoms with van der Waals surface area (Å²) in [6, 6.07) is 0. The number of amides is 1. The highest BCUT2D eigenvalue weighted by Crippen LogP contribution is 2.25. The van der Waals surface area contributed by atoms with Crippen molar-refractivity contribution in [1.82, 2.24) is 9.97 Å². The molecule has 4 N–H and O–H groups in total. The van der Waals surface area contributed by atoms with Crippen molar-refractivity contribution in [3.05, 3.63) is 12.5 Å². The van der Waals surface area contributed by atoms with Gasteiger partial charge >= 0.3 is 0 Å². The number of aromatic nitrogens is 2. The minimum absolute atomic E-state index is 0.0978. The van der Waals surface area contributed by atoms with Gasteiger partial charge in [0.05, 0.1) is 17.8 Å². The predicted octanol–water partition coefficient (Wildman–Crippen LogP) is -0.630. The number of hydrogen-bond acceptors (Lipinski definition) is 5. The van der Waals surface area contributed by atoms with Crippen LogP contribution in [-0.4, -0.2) is 29.0 Å². The van der Waals surface area contributed by atoms with E-state index >= 15 is 0 Å². The summed E-state index contributed by atoms with van der Waals surface area (Å²) in [5.41, 5.74) is 11.5. The Kier molecular flexibility index (Phi) is 2.40. The zero-order valence-electron chi connectivity index (χ0n) is 8.26. The maximum atomic E-state index is 11.0. The number of carbonyl (C=O) groups is 1. The van der Waals surface area contributed by atoms with E-state index in [1.54, 1.807) is 6.20 Å². The van der Waals surface area contributed by atoms with Crippen molar-refractivity contribution >= 4 is 17.4 Å². The second-order valence-corrected chi connectivity index (χ2v) is 3.64. The lowest BCUT2D eigenvalue weighted by molar-refractivity contribution is -0.121. The summed E-state index contributed by atoms with van der Waals surface area (Å²) in [7, 11) is 0. The van der Waals surface area contributed by atoms with Crippen LogP contribution in [0.2, 0.25) is 0 Å². The Balaban J connectivity index is 2.14. The standard InChI is InChI=1S/C9H13N5O/c10-7-3-12-5-13-9(7)14-2-1-6(4-14)8(11)15/h3,5-6H,1-2,4,10H2,(H2,11,15). The molecule has 0 bridgehead atoms. The first-order valence-electron chi connectivity index (χ1n) is 4.78. The van der Waals surface area contributed by atoms with E-state index in [0.29, 0.717) is 18.1 Å². The van der Waals surface area contributed by atoms with Gasteiger partial charge in [0.2, 0.25) is 5.91 Å². The average Bonchev–Trinajstić information content (AvgIpc) is 2.67. The first kappa shape index (κ1) is 9.70. The lowest BCUT2D eigenvalue weighted by Crippen LogP contribution is -2.28. The second-order valence-electron chi connectivity index (χ2n) is 3.64. The summed E-state index contributed by atoms with van der Waals surface area (Å²) in [6.07, 6.45) is 3.77. The molecule has 0 aliphatic carbocycles. The largest absolute Gasteiger partial charge is 0.394 e. The molecule has 0 spiro atoms. The lowest BCUT2D eigenvalue weighted by Gasteiger charge is -2.17. The van der Waals surface area contributed by atoms with Crippen LogP contribution in [0.4, 0.5) is 11.5 Å². The molecule has 1 aliphatic rings. The molecule has 2 rings (SSSR count). The Morgan fingerprint density at radius 1 is 1.60 bits per heavy atom. The number of primary amides is 1. The van der Waals surface area contributed by atoms with Gasteiger partial charge in [-0.1, -0.05) is 0 Å². The van der Waals surface area contributed by atoms with Crippen molar-refractivity contribution in [2.75, 3.05) is 23.7 Å². The molecule has 6 nitrogen and oxygen atoms in total. The predicted molar refractivity (Wildman–Crippen MR) is 56.0 cm³/mol. The monoisotopic (exact) mass is 207 g/mol. The molecule has 0 aromatic carbocycles. The van der Waals surface area contributed by atoms with Gasteiger partial charge in [-0.2, -0.15) is 0 Å². The van der Waals surface area contributed by atoms with Gasteiger partial charge in [0.15, 0.2) is 5.82 Å². The number of rotatable bonds is 2. The van der Waals surface area contributed by atoms with Gasteiger partial charge < -0.3 is 16.4 Å². The van der Waals surface area contributed by atoms with E-state index in [9.17, 15) is 4.79 Å². The Morgan fingerprint density at radius 3 is 3.00 bits per heavy atom. The number of nitrogens with two attached hydrogens (primary N) is 2. The SMILES string of the molecule is NC(=O)C1CCN(c2ncncc2N)C1.